The Balaban J connectivity index is 1.83. The summed E-state index contributed by atoms with van der Waals surface area (Å²) in [7, 11) is 0. The van der Waals surface area contributed by atoms with Crippen molar-refractivity contribution in [2.45, 2.75) is 43.9 Å². The van der Waals surface area contributed by atoms with Gasteiger partial charge in [0.05, 0.1) is 0 Å². The highest BCUT2D eigenvalue weighted by molar-refractivity contribution is 5.44. The van der Waals surface area contributed by atoms with E-state index < -0.39 is 12.0 Å². The number of anilines is 1. The molecule has 1 saturated carbocycles. The van der Waals surface area contributed by atoms with Crippen LogP contribution in [0.1, 0.15) is 31.5 Å². The van der Waals surface area contributed by atoms with Crippen LogP contribution in [0.2, 0.25) is 0 Å². The van der Waals surface area contributed by atoms with Gasteiger partial charge in [-0.15, -0.1) is 15.3 Å². The van der Waals surface area contributed by atoms with Crippen LogP contribution in [0.5, 0.6) is 0 Å². The summed E-state index contributed by atoms with van der Waals surface area (Å²) in [5.74, 6) is -0.736. The molecule has 1 aliphatic rings. The Kier molecular flexibility index (Phi) is 3.44. The Hall–Kier alpha value is -1.90. The predicted octanol–water partition coefficient (Wildman–Crippen LogP) is 1.82. The molecule has 0 aromatic carbocycles. The lowest BCUT2D eigenvalue weighted by Crippen LogP contribution is -2.33. The molecule has 114 valence electrons. The van der Waals surface area contributed by atoms with Gasteiger partial charge in [-0.2, -0.15) is 17.7 Å². The summed E-state index contributed by atoms with van der Waals surface area (Å²) >= 11 is 0. The summed E-state index contributed by atoms with van der Waals surface area (Å²) < 4.78 is 39.1. The summed E-state index contributed by atoms with van der Waals surface area (Å²) in [6, 6.07) is 3.47. The zero-order chi connectivity index (χ0) is 15.0. The highest BCUT2D eigenvalue weighted by atomic mass is 19.4. The molecule has 1 aliphatic carbocycles. The second-order valence-corrected chi connectivity index (χ2v) is 5.27. The van der Waals surface area contributed by atoms with Crippen molar-refractivity contribution in [3.8, 4) is 0 Å². The average molecular weight is 300 g/mol. The number of nitrogens with two attached hydrogens (primary N) is 1. The van der Waals surface area contributed by atoms with Crippen LogP contribution in [-0.4, -0.2) is 31.9 Å². The van der Waals surface area contributed by atoms with Gasteiger partial charge in [0.2, 0.25) is 0 Å². The Morgan fingerprint density at radius 1 is 1.14 bits per heavy atom. The highest BCUT2D eigenvalue weighted by Gasteiger charge is 2.37. The number of nitrogens with zero attached hydrogens (tertiary/aromatic N) is 4. The zero-order valence-corrected chi connectivity index (χ0v) is 11.1. The first-order chi connectivity index (χ1) is 9.93. The normalized spacial score (nSPS) is 23.4. The largest absolute Gasteiger partial charge is 0.453 e. The van der Waals surface area contributed by atoms with Crippen LogP contribution >= 0.6 is 0 Å². The summed E-state index contributed by atoms with van der Waals surface area (Å²) in [4.78, 5) is 0. The molecular weight excluding hydrogens is 285 g/mol. The van der Waals surface area contributed by atoms with E-state index in [9.17, 15) is 13.2 Å². The molecule has 0 bridgehead atoms. The van der Waals surface area contributed by atoms with Gasteiger partial charge in [-0.1, -0.05) is 0 Å². The summed E-state index contributed by atoms with van der Waals surface area (Å²) in [6.45, 7) is 0. The molecule has 0 atom stereocenters. The van der Waals surface area contributed by atoms with Gasteiger partial charge in [0, 0.05) is 12.1 Å². The number of nitrogens with one attached hydrogen (secondary N) is 1. The number of hydrogen-bond acceptors (Lipinski definition) is 5. The number of hydrogen-bond donors (Lipinski definition) is 2. The van der Waals surface area contributed by atoms with Crippen LogP contribution in [0.3, 0.4) is 0 Å². The molecule has 1 fully saturated rings. The van der Waals surface area contributed by atoms with E-state index in [1.807, 2.05) is 0 Å². The molecule has 6 nitrogen and oxygen atoms in total. The minimum atomic E-state index is -4.58. The van der Waals surface area contributed by atoms with Crippen molar-refractivity contribution in [1.29, 1.82) is 0 Å². The van der Waals surface area contributed by atoms with E-state index in [-0.39, 0.29) is 17.7 Å². The van der Waals surface area contributed by atoms with Gasteiger partial charge < -0.3 is 11.1 Å². The van der Waals surface area contributed by atoms with Gasteiger partial charge in [-0.05, 0) is 37.8 Å². The van der Waals surface area contributed by atoms with Crippen molar-refractivity contribution in [2.75, 3.05) is 5.32 Å². The van der Waals surface area contributed by atoms with Gasteiger partial charge in [0.1, 0.15) is 5.82 Å². The Labute approximate surface area is 118 Å². The number of aromatic nitrogens is 4. The van der Waals surface area contributed by atoms with E-state index in [1.165, 1.54) is 6.07 Å². The lowest BCUT2D eigenvalue weighted by atomic mass is 9.92. The molecule has 2 aromatic rings. The average Bonchev–Trinajstić information content (AvgIpc) is 2.84. The molecule has 2 heterocycles. The minimum Gasteiger partial charge on any atom is -0.366 e. The predicted molar refractivity (Wildman–Crippen MR) is 69.6 cm³/mol. The lowest BCUT2D eigenvalue weighted by molar-refractivity contribution is -0.146. The molecular formula is C12H15F3N6. The standard InChI is InChI=1S/C12H15F3N6/c13-12(14,15)11-19-18-10-6-5-9(20-21(10)11)17-8-3-1-7(16)2-4-8/h5-8H,1-4,16H2,(H,17,20). The van der Waals surface area contributed by atoms with Crippen LogP contribution in [0.25, 0.3) is 5.65 Å². The van der Waals surface area contributed by atoms with Gasteiger partial charge in [-0.3, -0.25) is 0 Å². The van der Waals surface area contributed by atoms with Gasteiger partial charge in [0.25, 0.3) is 5.82 Å². The topological polar surface area (TPSA) is 81.1 Å². The number of alkyl halides is 3. The van der Waals surface area contributed by atoms with Crippen molar-refractivity contribution in [3.63, 3.8) is 0 Å². The first-order valence-electron chi connectivity index (χ1n) is 6.75. The Bertz CT molecular complexity index is 629. The monoisotopic (exact) mass is 300 g/mol. The van der Waals surface area contributed by atoms with Crippen molar-refractivity contribution in [3.05, 3.63) is 18.0 Å². The fourth-order valence-electron chi connectivity index (χ4n) is 2.52. The van der Waals surface area contributed by atoms with E-state index in [1.54, 1.807) is 6.07 Å². The van der Waals surface area contributed by atoms with Crippen molar-refractivity contribution >= 4 is 11.5 Å². The summed E-state index contributed by atoms with van der Waals surface area (Å²) in [5.41, 5.74) is 5.90. The maximum absolute atomic E-state index is 12.8. The molecule has 3 rings (SSSR count). The SMILES string of the molecule is NC1CCC(Nc2ccc3nnc(C(F)(F)F)n3n2)CC1. The van der Waals surface area contributed by atoms with Gasteiger partial charge >= 0.3 is 6.18 Å². The van der Waals surface area contributed by atoms with Crippen molar-refractivity contribution in [2.24, 2.45) is 5.73 Å². The second-order valence-electron chi connectivity index (χ2n) is 5.27. The molecule has 2 aromatic heterocycles. The molecule has 9 heteroatoms. The maximum Gasteiger partial charge on any atom is 0.453 e. The molecule has 0 unspecified atom stereocenters. The van der Waals surface area contributed by atoms with E-state index in [4.69, 9.17) is 5.73 Å². The molecule has 0 radical (unpaired) electrons. The van der Waals surface area contributed by atoms with E-state index in [0.29, 0.717) is 5.82 Å². The summed E-state index contributed by atoms with van der Waals surface area (Å²) in [5, 5.41) is 13.7. The van der Waals surface area contributed by atoms with E-state index in [0.717, 1.165) is 30.2 Å². The van der Waals surface area contributed by atoms with Crippen LogP contribution < -0.4 is 11.1 Å². The molecule has 0 aliphatic heterocycles. The number of rotatable bonds is 2. The smallest absolute Gasteiger partial charge is 0.366 e. The third kappa shape index (κ3) is 2.92. The highest BCUT2D eigenvalue weighted by Crippen LogP contribution is 2.28. The second kappa shape index (κ2) is 5.14. The quantitative estimate of drug-likeness (QED) is 0.884. The van der Waals surface area contributed by atoms with Gasteiger partial charge in [-0.25, -0.2) is 0 Å². The number of fused-ring (bicyclic) bond motifs is 1. The van der Waals surface area contributed by atoms with Crippen LogP contribution in [0, 0.1) is 0 Å². The van der Waals surface area contributed by atoms with Crippen LogP contribution in [0.15, 0.2) is 12.1 Å². The number of halogens is 3. The summed E-state index contributed by atoms with van der Waals surface area (Å²) in [6.07, 6.45) is -1.01. The Morgan fingerprint density at radius 3 is 2.52 bits per heavy atom. The molecule has 21 heavy (non-hydrogen) atoms. The lowest BCUT2D eigenvalue weighted by Gasteiger charge is -2.27. The fraction of sp³-hybridized carbons (Fsp3) is 0.583. The first-order valence-corrected chi connectivity index (χ1v) is 6.75. The van der Waals surface area contributed by atoms with Gasteiger partial charge in [0.15, 0.2) is 5.65 Å². The van der Waals surface area contributed by atoms with Crippen LogP contribution in [0.4, 0.5) is 19.0 Å². The molecule has 3 N–H and O–H groups in total. The Morgan fingerprint density at radius 2 is 1.86 bits per heavy atom. The molecule has 0 spiro atoms. The van der Waals surface area contributed by atoms with Crippen molar-refractivity contribution in [1.82, 2.24) is 19.8 Å². The molecule has 0 saturated heterocycles. The zero-order valence-electron chi connectivity index (χ0n) is 11.1. The maximum atomic E-state index is 12.8. The minimum absolute atomic E-state index is 0.0681. The van der Waals surface area contributed by atoms with E-state index >= 15 is 0 Å². The third-order valence-electron chi connectivity index (χ3n) is 3.64. The van der Waals surface area contributed by atoms with E-state index in [2.05, 4.69) is 20.6 Å². The van der Waals surface area contributed by atoms with Crippen molar-refractivity contribution < 1.29 is 13.2 Å². The van der Waals surface area contributed by atoms with Crippen LogP contribution in [-0.2, 0) is 6.18 Å². The first kappa shape index (κ1) is 14.1. The molecule has 0 amide bonds. The third-order valence-corrected chi connectivity index (χ3v) is 3.64. The fourth-order valence-corrected chi connectivity index (χ4v) is 2.52.